The van der Waals surface area contributed by atoms with Crippen LogP contribution >= 0.6 is 11.8 Å². The van der Waals surface area contributed by atoms with Gasteiger partial charge in [0, 0.05) is 18.0 Å². The molecular weight excluding hydrogens is 390 g/mol. The molecule has 0 spiro atoms. The second-order valence-corrected chi connectivity index (χ2v) is 6.67. The van der Waals surface area contributed by atoms with Crippen molar-refractivity contribution in [3.8, 4) is 11.5 Å². The minimum Gasteiger partial charge on any atom is -0.870 e. The van der Waals surface area contributed by atoms with Crippen LogP contribution in [0.5, 0.6) is 11.5 Å². The number of aromatic nitrogens is 2. The highest BCUT2D eigenvalue weighted by Crippen LogP contribution is 2.30. The molecule has 3 rings (SSSR count). The molecule has 0 bridgehead atoms. The number of carboxylic acid groups (broad SMARTS) is 1. The van der Waals surface area contributed by atoms with Crippen molar-refractivity contribution < 1.29 is 30.0 Å². The lowest BCUT2D eigenvalue weighted by Crippen LogP contribution is -2.28. The first-order chi connectivity index (χ1) is 13.3. The number of carbonyl (C=O) groups is 1. The standard InChI is InChI=1S/C9H8O4.C8H11N3O3S/c10-7-3-1-6(5-8(7)11)2-4-9(12)13;9-5-1-2-11(8(13)10-5)6-4-15-7(3-12)14-6/h1-5,10-11H,(H,12,13);1-2,6-7,12H,3-4H2,(H2,9,10,13)/p-1/b4-2+;/t;6-,7+/m.0/s1. The fourth-order valence-electron chi connectivity index (χ4n) is 2.14. The Morgan fingerprint density at radius 3 is 2.79 bits per heavy atom. The van der Waals surface area contributed by atoms with E-state index in [1.54, 1.807) is 12.3 Å². The first-order valence-corrected chi connectivity index (χ1v) is 8.98. The molecule has 1 aromatic carbocycles. The molecule has 1 saturated heterocycles. The van der Waals surface area contributed by atoms with E-state index in [1.165, 1.54) is 40.6 Å². The second-order valence-electron chi connectivity index (χ2n) is 5.48. The lowest BCUT2D eigenvalue weighted by atomic mass is 10.2. The molecule has 11 heteroatoms. The molecule has 0 unspecified atom stereocenters. The van der Waals surface area contributed by atoms with Crippen molar-refractivity contribution in [2.24, 2.45) is 0 Å². The van der Waals surface area contributed by atoms with Crippen molar-refractivity contribution in [1.82, 2.24) is 9.55 Å². The molecule has 1 aliphatic rings. The van der Waals surface area contributed by atoms with Crippen LogP contribution in [0.4, 0.5) is 5.82 Å². The van der Waals surface area contributed by atoms with Crippen LogP contribution in [0.15, 0.2) is 41.3 Å². The number of ether oxygens (including phenoxy) is 1. The van der Waals surface area contributed by atoms with Crippen LogP contribution < -0.4 is 16.5 Å². The van der Waals surface area contributed by atoms with Gasteiger partial charge in [0.05, 0.1) is 6.61 Å². The van der Waals surface area contributed by atoms with Gasteiger partial charge in [0.1, 0.15) is 23.2 Å². The Hall–Kier alpha value is -3.02. The second kappa shape index (κ2) is 9.78. The van der Waals surface area contributed by atoms with Crippen molar-refractivity contribution in [1.29, 1.82) is 0 Å². The first kappa shape index (κ1) is 21.3. The fourth-order valence-corrected chi connectivity index (χ4v) is 3.07. The zero-order valence-electron chi connectivity index (χ0n) is 14.5. The molecule has 0 amide bonds. The Balaban J connectivity index is 0.000000203. The number of nitrogens with zero attached hydrogens (tertiary/aromatic N) is 2. The maximum absolute atomic E-state index is 11.4. The van der Waals surface area contributed by atoms with Crippen molar-refractivity contribution >= 4 is 29.6 Å². The monoisotopic (exact) mass is 408 g/mol. The Labute approximate surface area is 163 Å². The number of hydrogen-bond donors (Lipinski definition) is 4. The van der Waals surface area contributed by atoms with Gasteiger partial charge in [-0.05, 0) is 23.8 Å². The Bertz CT molecular complexity index is 916. The Kier molecular flexibility index (Phi) is 7.44. The minimum absolute atomic E-state index is 0.0572. The number of benzene rings is 1. The van der Waals surface area contributed by atoms with Crippen molar-refractivity contribution in [3.05, 3.63) is 52.6 Å². The summed E-state index contributed by atoms with van der Waals surface area (Å²) in [7, 11) is 0. The lowest BCUT2D eigenvalue weighted by molar-refractivity contribution is -0.270. The van der Waals surface area contributed by atoms with Gasteiger partial charge >= 0.3 is 11.7 Å². The highest BCUT2D eigenvalue weighted by Gasteiger charge is 2.27. The van der Waals surface area contributed by atoms with E-state index in [-0.39, 0.29) is 29.8 Å². The number of hydrogen-bond acceptors (Lipinski definition) is 9. The van der Waals surface area contributed by atoms with Crippen LogP contribution in [0.1, 0.15) is 11.8 Å². The summed E-state index contributed by atoms with van der Waals surface area (Å²) in [5.74, 6) is -1.12. The topological polar surface area (TPSA) is 171 Å². The number of phenolic OH excluding ortho intramolecular Hbond substituents is 1. The number of nitrogen functional groups attached to an aromatic ring is 1. The van der Waals surface area contributed by atoms with Gasteiger partial charge in [-0.15, -0.1) is 11.8 Å². The molecule has 1 aromatic heterocycles. The summed E-state index contributed by atoms with van der Waals surface area (Å²) in [5.41, 5.74) is 5.15. The molecule has 0 radical (unpaired) electrons. The van der Waals surface area contributed by atoms with E-state index >= 15 is 0 Å². The van der Waals surface area contributed by atoms with Gasteiger partial charge in [0.25, 0.3) is 0 Å². The van der Waals surface area contributed by atoms with Crippen molar-refractivity contribution in [3.63, 3.8) is 0 Å². The van der Waals surface area contributed by atoms with Gasteiger partial charge in [0.15, 0.2) is 0 Å². The van der Waals surface area contributed by atoms with E-state index in [9.17, 15) is 14.7 Å². The molecule has 2 heterocycles. The molecule has 2 atom stereocenters. The predicted octanol–water partition coefficient (Wildman–Crippen LogP) is -0.0305. The largest absolute Gasteiger partial charge is 0.870 e. The number of anilines is 1. The summed E-state index contributed by atoms with van der Waals surface area (Å²) in [4.78, 5) is 25.2. The maximum atomic E-state index is 11.4. The number of thioether (sulfide) groups is 1. The van der Waals surface area contributed by atoms with E-state index in [4.69, 9.17) is 25.8 Å². The van der Waals surface area contributed by atoms with Gasteiger partial charge < -0.3 is 30.9 Å². The molecule has 2 aromatic rings. The van der Waals surface area contributed by atoms with E-state index in [1.807, 2.05) is 0 Å². The van der Waals surface area contributed by atoms with Gasteiger partial charge in [-0.3, -0.25) is 4.57 Å². The van der Waals surface area contributed by atoms with Crippen molar-refractivity contribution in [2.75, 3.05) is 18.1 Å². The van der Waals surface area contributed by atoms with E-state index in [2.05, 4.69) is 4.98 Å². The molecule has 150 valence electrons. The van der Waals surface area contributed by atoms with Gasteiger partial charge in [-0.1, -0.05) is 17.9 Å². The Morgan fingerprint density at radius 1 is 1.46 bits per heavy atom. The zero-order chi connectivity index (χ0) is 20.7. The molecule has 1 aliphatic heterocycles. The number of rotatable bonds is 4. The smallest absolute Gasteiger partial charge is 0.351 e. The van der Waals surface area contributed by atoms with Crippen LogP contribution in [0.3, 0.4) is 0 Å². The summed E-state index contributed by atoms with van der Waals surface area (Å²) in [5, 5.41) is 36.9. The molecule has 28 heavy (non-hydrogen) atoms. The number of carboxylic acids is 1. The first-order valence-electron chi connectivity index (χ1n) is 7.93. The highest BCUT2D eigenvalue weighted by atomic mass is 32.2. The number of aliphatic hydroxyl groups excluding tert-OH is 1. The average Bonchev–Trinajstić information content (AvgIpc) is 3.12. The number of phenols is 1. The molecular formula is C17H18N3O7S-. The minimum atomic E-state index is -1.08. The van der Waals surface area contributed by atoms with Crippen LogP contribution in [-0.4, -0.2) is 48.6 Å². The summed E-state index contributed by atoms with van der Waals surface area (Å²) in [6.07, 6.45) is 3.41. The van der Waals surface area contributed by atoms with Gasteiger partial charge in [-0.2, -0.15) is 4.98 Å². The number of aliphatic hydroxyl groups is 1. The number of nitrogens with two attached hydrogens (primary N) is 1. The van der Waals surface area contributed by atoms with Crippen molar-refractivity contribution in [2.45, 2.75) is 11.7 Å². The van der Waals surface area contributed by atoms with E-state index < -0.39 is 17.4 Å². The van der Waals surface area contributed by atoms with Crippen LogP contribution in [0.25, 0.3) is 6.08 Å². The SMILES string of the molecule is Nc1ccn([C@@H]2CS[C@H](CO)O2)c(=O)n1.O=C(O)/C=C/c1ccc([O-])c(O)c1. The lowest BCUT2D eigenvalue weighted by Gasteiger charge is -2.13. The third kappa shape index (κ3) is 6.01. The van der Waals surface area contributed by atoms with Crippen LogP contribution in [0.2, 0.25) is 0 Å². The number of aliphatic carboxylic acids is 1. The Morgan fingerprint density at radius 2 is 2.21 bits per heavy atom. The molecule has 5 N–H and O–H groups in total. The van der Waals surface area contributed by atoms with Gasteiger partial charge in [0.2, 0.25) is 0 Å². The predicted molar refractivity (Wildman–Crippen MR) is 101 cm³/mol. The molecule has 1 fully saturated rings. The molecule has 0 aliphatic carbocycles. The summed E-state index contributed by atoms with van der Waals surface area (Å²) >= 11 is 1.47. The molecule has 0 saturated carbocycles. The normalized spacial score (nSPS) is 18.6. The fraction of sp³-hybridized carbons (Fsp3) is 0.235. The zero-order valence-corrected chi connectivity index (χ0v) is 15.3. The summed E-state index contributed by atoms with van der Waals surface area (Å²) in [6, 6.07) is 5.36. The average molecular weight is 408 g/mol. The highest BCUT2D eigenvalue weighted by molar-refractivity contribution is 8.00. The van der Waals surface area contributed by atoms with Crippen LogP contribution in [-0.2, 0) is 9.53 Å². The summed E-state index contributed by atoms with van der Waals surface area (Å²) in [6.45, 7) is -0.0572. The maximum Gasteiger partial charge on any atom is 0.351 e. The van der Waals surface area contributed by atoms with E-state index in [0.29, 0.717) is 11.3 Å². The third-order valence-electron chi connectivity index (χ3n) is 3.45. The van der Waals surface area contributed by atoms with Crippen LogP contribution in [0, 0.1) is 0 Å². The summed E-state index contributed by atoms with van der Waals surface area (Å²) < 4.78 is 6.79. The quantitative estimate of drug-likeness (QED) is 0.503. The number of aromatic hydroxyl groups is 1. The molecule has 10 nitrogen and oxygen atoms in total. The third-order valence-corrected chi connectivity index (χ3v) is 4.56. The van der Waals surface area contributed by atoms with Gasteiger partial charge in [-0.25, -0.2) is 9.59 Å². The van der Waals surface area contributed by atoms with E-state index in [0.717, 1.165) is 6.08 Å².